The van der Waals surface area contributed by atoms with E-state index in [1.807, 2.05) is 24.3 Å². The first-order chi connectivity index (χ1) is 24.1. The van der Waals surface area contributed by atoms with Crippen LogP contribution in [0.4, 0.5) is 0 Å². The highest BCUT2D eigenvalue weighted by atomic mass is 16.6. The molecule has 0 radical (unpaired) electrons. The molecule has 0 heterocycles. The maximum absolute atomic E-state index is 10.4. The van der Waals surface area contributed by atoms with Crippen molar-refractivity contribution in [3.05, 3.63) is 66.7 Å². The van der Waals surface area contributed by atoms with Crippen molar-refractivity contribution in [1.82, 2.24) is 0 Å². The third-order valence-electron chi connectivity index (χ3n) is 7.69. The Morgan fingerprint density at radius 1 is 0.490 bits per heavy atom. The molecule has 0 unspecified atom stereocenters. The predicted octanol–water partition coefficient (Wildman–Crippen LogP) is 8.47. The molecule has 0 bridgehead atoms. The Bertz CT molecular complexity index is 1280. The number of carbonyl (C=O) groups is 1. The molecule has 0 aliphatic rings. The molecule has 270 valence electrons. The van der Waals surface area contributed by atoms with E-state index in [1.165, 1.54) is 38.5 Å². The van der Waals surface area contributed by atoms with Gasteiger partial charge in [0.05, 0.1) is 59.5 Å². The molecule has 9 nitrogen and oxygen atoms in total. The maximum atomic E-state index is 10.4. The molecule has 3 aromatic carbocycles. The minimum atomic E-state index is -0.994. The molecule has 0 saturated carbocycles. The Labute approximate surface area is 292 Å². The Morgan fingerprint density at radius 3 is 1.47 bits per heavy atom. The molecule has 0 spiro atoms. The van der Waals surface area contributed by atoms with Crippen LogP contribution in [0.2, 0.25) is 0 Å². The molecular weight excluding hydrogens is 624 g/mol. The standard InChI is InChI=1S/C40H56O9/c1-3-5-7-9-21-47-36-16-11-33(12-17-36)35-15-20-38(34-13-18-37(19-14-34)48-22-10-8-6-4-2)39(31-35)49-30-29-45-26-25-43-23-24-44-27-28-46-32-40(41)42/h11-20,31H,3-10,21-30,32H2,1-2H3,(H,41,42). The van der Waals surface area contributed by atoms with E-state index in [0.29, 0.717) is 46.2 Å². The van der Waals surface area contributed by atoms with Crippen molar-refractivity contribution in [2.45, 2.75) is 65.2 Å². The highest BCUT2D eigenvalue weighted by Crippen LogP contribution is 2.35. The Balaban J connectivity index is 1.52. The van der Waals surface area contributed by atoms with Gasteiger partial charge in [0, 0.05) is 5.56 Å². The molecule has 0 aliphatic carbocycles. The normalized spacial score (nSPS) is 11.1. The van der Waals surface area contributed by atoms with Crippen molar-refractivity contribution in [2.75, 3.05) is 72.7 Å². The van der Waals surface area contributed by atoms with Crippen LogP contribution in [-0.4, -0.2) is 83.8 Å². The highest BCUT2D eigenvalue weighted by molar-refractivity contribution is 5.77. The first-order valence-electron chi connectivity index (χ1n) is 17.9. The summed E-state index contributed by atoms with van der Waals surface area (Å²) in [6, 6.07) is 22.8. The second kappa shape index (κ2) is 25.4. The number of carboxylic acids is 1. The van der Waals surface area contributed by atoms with E-state index in [2.05, 4.69) is 56.3 Å². The van der Waals surface area contributed by atoms with Crippen LogP contribution in [0.3, 0.4) is 0 Å². The topological polar surface area (TPSA) is 102 Å². The van der Waals surface area contributed by atoms with Gasteiger partial charge in [-0.1, -0.05) is 88.8 Å². The van der Waals surface area contributed by atoms with Crippen LogP contribution in [0.25, 0.3) is 22.3 Å². The zero-order chi connectivity index (χ0) is 34.8. The third-order valence-corrected chi connectivity index (χ3v) is 7.69. The molecule has 0 aromatic heterocycles. The van der Waals surface area contributed by atoms with Gasteiger partial charge in [-0.3, -0.25) is 0 Å². The van der Waals surface area contributed by atoms with E-state index in [1.54, 1.807) is 0 Å². The van der Waals surface area contributed by atoms with Gasteiger partial charge in [-0.15, -0.1) is 0 Å². The molecule has 0 atom stereocenters. The summed E-state index contributed by atoms with van der Waals surface area (Å²) in [5, 5.41) is 8.54. The van der Waals surface area contributed by atoms with Crippen LogP contribution >= 0.6 is 0 Å². The summed E-state index contributed by atoms with van der Waals surface area (Å²) in [4.78, 5) is 10.4. The molecule has 0 aliphatic heterocycles. The van der Waals surface area contributed by atoms with Crippen molar-refractivity contribution in [2.24, 2.45) is 0 Å². The van der Waals surface area contributed by atoms with Gasteiger partial charge in [0.2, 0.25) is 0 Å². The van der Waals surface area contributed by atoms with Crippen LogP contribution in [-0.2, 0) is 23.7 Å². The van der Waals surface area contributed by atoms with Gasteiger partial charge in [0.25, 0.3) is 0 Å². The number of aliphatic carboxylic acids is 1. The summed E-state index contributed by atoms with van der Waals surface area (Å²) in [5.41, 5.74) is 4.20. The zero-order valence-electron chi connectivity index (χ0n) is 29.5. The minimum absolute atomic E-state index is 0.236. The van der Waals surface area contributed by atoms with E-state index in [0.717, 1.165) is 65.6 Å². The number of carboxylic acid groups (broad SMARTS) is 1. The zero-order valence-corrected chi connectivity index (χ0v) is 29.5. The molecular formula is C40H56O9. The molecule has 9 heteroatoms. The SMILES string of the molecule is CCCCCCOc1ccc(-c2ccc(-c3ccc(OCCCCCC)cc3)c(OCCOCCOCCOCCOCC(=O)O)c2)cc1. The molecule has 0 saturated heterocycles. The van der Waals surface area contributed by atoms with Gasteiger partial charge in [0.1, 0.15) is 30.5 Å². The fourth-order valence-electron chi connectivity index (χ4n) is 5.00. The summed E-state index contributed by atoms with van der Waals surface area (Å²) in [6.07, 6.45) is 9.44. The van der Waals surface area contributed by atoms with Crippen LogP contribution in [0.1, 0.15) is 65.2 Å². The lowest BCUT2D eigenvalue weighted by molar-refractivity contribution is -0.142. The lowest BCUT2D eigenvalue weighted by atomic mass is 9.99. The van der Waals surface area contributed by atoms with Gasteiger partial charge < -0.3 is 38.3 Å². The lowest BCUT2D eigenvalue weighted by Crippen LogP contribution is -2.15. The first-order valence-corrected chi connectivity index (χ1v) is 17.9. The first kappa shape index (κ1) is 39.8. The van der Waals surface area contributed by atoms with E-state index < -0.39 is 5.97 Å². The summed E-state index contributed by atoms with van der Waals surface area (Å²) in [5.74, 6) is 1.55. The predicted molar refractivity (Wildman–Crippen MR) is 193 cm³/mol. The van der Waals surface area contributed by atoms with Gasteiger partial charge in [-0.25, -0.2) is 4.79 Å². The summed E-state index contributed by atoms with van der Waals surface area (Å²) >= 11 is 0. The Morgan fingerprint density at radius 2 is 0.959 bits per heavy atom. The largest absolute Gasteiger partial charge is 0.494 e. The summed E-state index contributed by atoms with van der Waals surface area (Å²) in [6.45, 7) is 8.63. The van der Waals surface area contributed by atoms with E-state index >= 15 is 0 Å². The smallest absolute Gasteiger partial charge is 0.329 e. The molecule has 49 heavy (non-hydrogen) atoms. The fourth-order valence-corrected chi connectivity index (χ4v) is 5.00. The van der Waals surface area contributed by atoms with Gasteiger partial charge in [0.15, 0.2) is 0 Å². The number of benzene rings is 3. The molecule has 3 rings (SSSR count). The van der Waals surface area contributed by atoms with Crippen LogP contribution < -0.4 is 14.2 Å². The number of ether oxygens (including phenoxy) is 7. The van der Waals surface area contributed by atoms with Gasteiger partial charge in [-0.2, -0.15) is 0 Å². The van der Waals surface area contributed by atoms with Gasteiger partial charge in [-0.05, 0) is 59.9 Å². The fraction of sp³-hybridized carbons (Fsp3) is 0.525. The van der Waals surface area contributed by atoms with Crippen LogP contribution in [0.15, 0.2) is 66.7 Å². The van der Waals surface area contributed by atoms with Crippen molar-refractivity contribution < 1.29 is 43.1 Å². The number of unbranched alkanes of at least 4 members (excludes halogenated alkanes) is 6. The monoisotopic (exact) mass is 680 g/mol. The average Bonchev–Trinajstić information content (AvgIpc) is 3.12. The molecule has 1 N–H and O–H groups in total. The third kappa shape index (κ3) is 17.0. The van der Waals surface area contributed by atoms with Gasteiger partial charge >= 0.3 is 5.97 Å². The highest BCUT2D eigenvalue weighted by Gasteiger charge is 2.11. The Hall–Kier alpha value is -3.63. The number of hydrogen-bond donors (Lipinski definition) is 1. The lowest BCUT2D eigenvalue weighted by Gasteiger charge is -2.15. The second-order valence-corrected chi connectivity index (χ2v) is 11.7. The van der Waals surface area contributed by atoms with Crippen LogP contribution in [0.5, 0.6) is 17.2 Å². The number of hydrogen-bond acceptors (Lipinski definition) is 8. The van der Waals surface area contributed by atoms with E-state index in [4.69, 9.17) is 38.3 Å². The maximum Gasteiger partial charge on any atom is 0.329 e. The second-order valence-electron chi connectivity index (χ2n) is 11.7. The summed E-state index contributed by atoms with van der Waals surface area (Å²) in [7, 11) is 0. The van der Waals surface area contributed by atoms with Crippen molar-refractivity contribution in [3.8, 4) is 39.5 Å². The molecule has 0 fully saturated rings. The average molecular weight is 681 g/mol. The quantitative estimate of drug-likeness (QED) is 0.0724. The van der Waals surface area contributed by atoms with E-state index in [9.17, 15) is 4.79 Å². The molecule has 0 amide bonds. The Kier molecular flexibility index (Phi) is 20.6. The van der Waals surface area contributed by atoms with Crippen molar-refractivity contribution >= 4 is 5.97 Å². The van der Waals surface area contributed by atoms with Crippen LogP contribution in [0, 0.1) is 0 Å². The summed E-state index contributed by atoms with van der Waals surface area (Å²) < 4.78 is 39.8. The van der Waals surface area contributed by atoms with Crippen molar-refractivity contribution in [3.63, 3.8) is 0 Å². The van der Waals surface area contributed by atoms with E-state index in [-0.39, 0.29) is 13.2 Å². The minimum Gasteiger partial charge on any atom is -0.494 e. The molecule has 3 aromatic rings. The van der Waals surface area contributed by atoms with Crippen molar-refractivity contribution in [1.29, 1.82) is 0 Å². The number of rotatable bonds is 29.